The molecule has 0 saturated carbocycles. The van der Waals surface area contributed by atoms with E-state index in [1.54, 1.807) is 0 Å². The van der Waals surface area contributed by atoms with Crippen LogP contribution in [0.1, 0.15) is 30.2 Å². The normalized spacial score (nSPS) is 56.0. The van der Waals surface area contributed by atoms with Gasteiger partial charge in [0.15, 0.2) is 6.29 Å². The molecule has 52 valence electrons. The van der Waals surface area contributed by atoms with Gasteiger partial charge in [0.1, 0.15) is 0 Å². The minimum absolute atomic E-state index is 0.198. The molecule has 2 aliphatic rings. The zero-order valence-electron chi connectivity index (χ0n) is 8.17. The molecule has 0 unspecified atom stereocenters. The van der Waals surface area contributed by atoms with Crippen molar-refractivity contribution in [3.8, 4) is 0 Å². The highest BCUT2D eigenvalue weighted by molar-refractivity contribution is 4.78. The van der Waals surface area contributed by atoms with Gasteiger partial charge in [-0.2, -0.15) is 0 Å². The summed E-state index contributed by atoms with van der Waals surface area (Å²) in [5, 5.41) is 0. The van der Waals surface area contributed by atoms with Crippen LogP contribution in [0.15, 0.2) is 0 Å². The van der Waals surface area contributed by atoms with Crippen LogP contribution in [0.5, 0.6) is 0 Å². The summed E-state index contributed by atoms with van der Waals surface area (Å²) in [5.74, 6) is 0. The first-order chi connectivity index (χ1) is 5.57. The van der Waals surface area contributed by atoms with E-state index in [2.05, 4.69) is 0 Å². The second-order valence-corrected chi connectivity index (χ2v) is 2.59. The highest BCUT2D eigenvalue weighted by Gasteiger charge is 2.35. The van der Waals surface area contributed by atoms with E-state index in [4.69, 9.17) is 13.6 Å². The van der Waals surface area contributed by atoms with E-state index in [-0.39, 0.29) is 12.4 Å². The van der Waals surface area contributed by atoms with Crippen molar-refractivity contribution < 1.29 is 13.6 Å². The minimum Gasteiger partial charge on any atom is -0.347 e. The molecule has 2 nitrogen and oxygen atoms in total. The van der Waals surface area contributed by atoms with E-state index < -0.39 is 13.0 Å². The maximum atomic E-state index is 7.21. The van der Waals surface area contributed by atoms with Crippen LogP contribution in [0.3, 0.4) is 0 Å². The van der Waals surface area contributed by atoms with Crippen LogP contribution in [0.25, 0.3) is 0 Å². The largest absolute Gasteiger partial charge is 0.347 e. The number of rotatable bonds is 0. The van der Waals surface area contributed by atoms with E-state index in [0.29, 0.717) is 0 Å². The van der Waals surface area contributed by atoms with Crippen molar-refractivity contribution in [3.05, 3.63) is 0 Å². The number of hydrogen-bond acceptors (Lipinski definition) is 2. The molecular weight excluding hydrogens is 116 g/mol. The van der Waals surface area contributed by atoms with Gasteiger partial charge in [-0.25, -0.2) is 0 Å². The van der Waals surface area contributed by atoms with Crippen molar-refractivity contribution in [2.45, 2.75) is 44.6 Å². The third-order valence-corrected chi connectivity index (χ3v) is 1.89. The first-order valence-corrected chi connectivity index (χ1v) is 3.38. The molecule has 2 heteroatoms. The van der Waals surface area contributed by atoms with E-state index in [1.807, 2.05) is 0 Å². The van der Waals surface area contributed by atoms with Gasteiger partial charge in [0, 0.05) is 4.11 Å². The Kier molecular flexibility index (Phi) is 0.729. The van der Waals surface area contributed by atoms with Crippen molar-refractivity contribution >= 4 is 0 Å². The Morgan fingerprint density at radius 1 is 1.44 bits per heavy atom. The molecule has 3 atom stereocenters. The van der Waals surface area contributed by atoms with Crippen molar-refractivity contribution in [3.63, 3.8) is 0 Å². The van der Waals surface area contributed by atoms with E-state index in [9.17, 15) is 0 Å². The Morgan fingerprint density at radius 3 is 3.22 bits per heavy atom. The monoisotopic (exact) mass is 131 g/mol. The van der Waals surface area contributed by atoms with Gasteiger partial charge in [-0.15, -0.1) is 0 Å². The second kappa shape index (κ2) is 1.96. The zero-order valence-corrected chi connectivity index (χ0v) is 5.17. The summed E-state index contributed by atoms with van der Waals surface area (Å²) in [6, 6.07) is 0. The second-order valence-electron chi connectivity index (χ2n) is 2.59. The molecule has 0 spiro atoms. The fraction of sp³-hybridized carbons (Fsp3) is 1.00. The minimum atomic E-state index is -2.02. The molecular formula is C7H12O2. The van der Waals surface area contributed by atoms with Crippen LogP contribution in [-0.4, -0.2) is 18.5 Å². The zero-order chi connectivity index (χ0) is 8.77. The molecule has 0 aromatic rings. The molecule has 2 aliphatic heterocycles. The predicted molar refractivity (Wildman–Crippen MR) is 33.1 cm³/mol. The first-order valence-electron chi connectivity index (χ1n) is 4.88. The van der Waals surface area contributed by atoms with E-state index in [0.717, 1.165) is 19.3 Å². The Labute approximate surface area is 59.4 Å². The molecule has 2 heterocycles. The van der Waals surface area contributed by atoms with E-state index in [1.165, 1.54) is 0 Å². The smallest absolute Gasteiger partial charge is 0.158 e. The van der Waals surface area contributed by atoms with Crippen LogP contribution in [0.4, 0.5) is 0 Å². The molecule has 0 amide bonds. The maximum Gasteiger partial charge on any atom is 0.158 e. The molecule has 2 saturated heterocycles. The van der Waals surface area contributed by atoms with Gasteiger partial charge in [0.2, 0.25) is 0 Å². The van der Waals surface area contributed by atoms with E-state index >= 15 is 0 Å². The SMILES string of the molecule is [2H]C([2H])([2H])[C@H]1O[C@@H]2CCC[C@H]1O2. The van der Waals surface area contributed by atoms with Gasteiger partial charge in [0.25, 0.3) is 0 Å². The number of hydrogen-bond donors (Lipinski definition) is 0. The van der Waals surface area contributed by atoms with Crippen LogP contribution < -0.4 is 0 Å². The Hall–Kier alpha value is -0.0800. The lowest BCUT2D eigenvalue weighted by Gasteiger charge is -2.16. The predicted octanol–water partition coefficient (Wildman–Crippen LogP) is 1.30. The molecule has 0 N–H and O–H groups in total. The highest BCUT2D eigenvalue weighted by atomic mass is 16.7. The summed E-state index contributed by atoms with van der Waals surface area (Å²) in [6.07, 6.45) is 1.53. The van der Waals surface area contributed by atoms with Crippen molar-refractivity contribution in [2.75, 3.05) is 0 Å². The fourth-order valence-electron chi connectivity index (χ4n) is 1.39. The molecule has 0 aromatic heterocycles. The van der Waals surface area contributed by atoms with Gasteiger partial charge in [-0.05, 0) is 26.1 Å². The molecule has 0 aliphatic carbocycles. The average molecular weight is 131 g/mol. The van der Waals surface area contributed by atoms with Gasteiger partial charge in [-0.3, -0.25) is 0 Å². The van der Waals surface area contributed by atoms with Gasteiger partial charge < -0.3 is 9.47 Å². The highest BCUT2D eigenvalue weighted by Crippen LogP contribution is 2.30. The molecule has 2 rings (SSSR count). The summed E-state index contributed by atoms with van der Waals surface area (Å²) < 4.78 is 32.2. The Bertz CT molecular complexity index is 180. The van der Waals surface area contributed by atoms with Crippen LogP contribution in [0.2, 0.25) is 0 Å². The van der Waals surface area contributed by atoms with Gasteiger partial charge >= 0.3 is 0 Å². The van der Waals surface area contributed by atoms with Gasteiger partial charge in [0.05, 0.1) is 12.2 Å². The molecule has 0 aromatic carbocycles. The summed E-state index contributed by atoms with van der Waals surface area (Å²) in [4.78, 5) is 0. The van der Waals surface area contributed by atoms with Crippen LogP contribution >= 0.6 is 0 Å². The Balaban J connectivity index is 2.09. The summed E-state index contributed by atoms with van der Waals surface area (Å²) in [6.45, 7) is -2.02. The first kappa shape index (κ1) is 3.35. The number of fused-ring (bicyclic) bond motifs is 2. The van der Waals surface area contributed by atoms with Crippen molar-refractivity contribution in [2.24, 2.45) is 0 Å². The standard InChI is InChI=1S/C7H12O2/c1-5-6-3-2-4-7(8-5)9-6/h5-7H,2-4H2,1H3/t5-,6-,7+/m1/s1/i1D3. The maximum absolute atomic E-state index is 7.21. The lowest BCUT2D eigenvalue weighted by Crippen LogP contribution is -2.21. The van der Waals surface area contributed by atoms with Crippen LogP contribution in [-0.2, 0) is 9.47 Å². The third-order valence-electron chi connectivity index (χ3n) is 1.89. The van der Waals surface area contributed by atoms with Crippen LogP contribution in [0, 0.1) is 0 Å². The molecule has 2 fully saturated rings. The molecule has 9 heavy (non-hydrogen) atoms. The van der Waals surface area contributed by atoms with Gasteiger partial charge in [-0.1, -0.05) is 0 Å². The summed E-state index contributed by atoms with van der Waals surface area (Å²) in [7, 11) is 0. The number of ether oxygens (including phenoxy) is 2. The lowest BCUT2D eigenvalue weighted by molar-refractivity contribution is -0.0855. The quantitative estimate of drug-likeness (QED) is 0.493. The lowest BCUT2D eigenvalue weighted by atomic mass is 10.1. The third kappa shape index (κ3) is 0.864. The average Bonchev–Trinajstić information content (AvgIpc) is 2.25. The summed E-state index contributed by atoms with van der Waals surface area (Å²) in [5.41, 5.74) is 0. The topological polar surface area (TPSA) is 18.5 Å². The summed E-state index contributed by atoms with van der Waals surface area (Å²) >= 11 is 0. The molecule has 2 bridgehead atoms. The van der Waals surface area contributed by atoms with Crippen molar-refractivity contribution in [1.82, 2.24) is 0 Å². The molecule has 0 radical (unpaired) electrons. The Morgan fingerprint density at radius 2 is 2.44 bits per heavy atom. The fourth-order valence-corrected chi connectivity index (χ4v) is 1.39. The van der Waals surface area contributed by atoms with Crippen molar-refractivity contribution in [1.29, 1.82) is 0 Å².